The Morgan fingerprint density at radius 3 is 2.95 bits per heavy atom. The molecular formula is C16H24N2O2. The molecule has 2 rings (SSSR count). The summed E-state index contributed by atoms with van der Waals surface area (Å²) in [4.78, 5) is 12.1. The zero-order valence-corrected chi connectivity index (χ0v) is 12.3. The van der Waals surface area contributed by atoms with Gasteiger partial charge in [0.05, 0.1) is 6.54 Å². The van der Waals surface area contributed by atoms with E-state index >= 15 is 0 Å². The molecule has 1 aliphatic rings. The molecule has 1 saturated carbocycles. The van der Waals surface area contributed by atoms with Crippen molar-refractivity contribution in [1.29, 1.82) is 0 Å². The molecule has 4 nitrogen and oxygen atoms in total. The molecule has 20 heavy (non-hydrogen) atoms. The summed E-state index contributed by atoms with van der Waals surface area (Å²) in [6.07, 6.45) is 3.27. The Morgan fingerprint density at radius 2 is 2.30 bits per heavy atom. The largest absolute Gasteiger partial charge is 0.492 e. The first-order valence-corrected chi connectivity index (χ1v) is 7.25. The van der Waals surface area contributed by atoms with Crippen LogP contribution in [0.1, 0.15) is 33.1 Å². The fourth-order valence-electron chi connectivity index (χ4n) is 2.88. The summed E-state index contributed by atoms with van der Waals surface area (Å²) in [5.41, 5.74) is 6.48. The van der Waals surface area contributed by atoms with E-state index in [2.05, 4.69) is 19.2 Å². The number of nitrogens with two attached hydrogens (primary N) is 1. The van der Waals surface area contributed by atoms with E-state index in [9.17, 15) is 4.79 Å². The van der Waals surface area contributed by atoms with Crippen LogP contribution in [0.2, 0.25) is 0 Å². The highest BCUT2D eigenvalue weighted by atomic mass is 16.5. The van der Waals surface area contributed by atoms with Crippen molar-refractivity contribution in [2.24, 2.45) is 11.3 Å². The quantitative estimate of drug-likeness (QED) is 0.642. The number of amides is 1. The summed E-state index contributed by atoms with van der Waals surface area (Å²) in [6.45, 7) is 5.34. The van der Waals surface area contributed by atoms with Crippen LogP contribution in [0.5, 0.6) is 5.75 Å². The van der Waals surface area contributed by atoms with Crippen molar-refractivity contribution in [3.05, 3.63) is 24.3 Å². The molecule has 0 heterocycles. The standard InChI is InChI=1S/C16H24N2O2/c1-16(2)8-4-7-14(16)15(19)18-9-10-20-13-6-3-5-12(17)11-13/h3,5-6,11,14H,4,7-10,17H2,1-2H3,(H,18,19). The number of anilines is 1. The van der Waals surface area contributed by atoms with Crippen LogP contribution in [0.25, 0.3) is 0 Å². The van der Waals surface area contributed by atoms with E-state index in [1.807, 2.05) is 18.2 Å². The molecule has 4 heteroatoms. The second-order valence-corrected chi connectivity index (χ2v) is 6.15. The van der Waals surface area contributed by atoms with Crippen LogP contribution in [0.3, 0.4) is 0 Å². The summed E-state index contributed by atoms with van der Waals surface area (Å²) in [6, 6.07) is 7.31. The van der Waals surface area contributed by atoms with Crippen molar-refractivity contribution in [2.75, 3.05) is 18.9 Å². The first-order valence-electron chi connectivity index (χ1n) is 7.25. The lowest BCUT2D eigenvalue weighted by Crippen LogP contribution is -2.38. The normalized spacial score (nSPS) is 20.6. The van der Waals surface area contributed by atoms with E-state index in [4.69, 9.17) is 10.5 Å². The lowest BCUT2D eigenvalue weighted by molar-refractivity contribution is -0.127. The smallest absolute Gasteiger partial charge is 0.223 e. The van der Waals surface area contributed by atoms with E-state index in [0.717, 1.165) is 25.0 Å². The minimum atomic E-state index is 0.124. The van der Waals surface area contributed by atoms with Gasteiger partial charge in [0.25, 0.3) is 0 Å². The topological polar surface area (TPSA) is 64.3 Å². The number of carbonyl (C=O) groups is 1. The number of ether oxygens (including phenoxy) is 1. The van der Waals surface area contributed by atoms with Crippen molar-refractivity contribution in [3.8, 4) is 5.75 Å². The Balaban J connectivity index is 1.72. The number of carbonyl (C=O) groups excluding carboxylic acids is 1. The molecule has 1 amide bonds. The molecule has 1 fully saturated rings. The zero-order valence-electron chi connectivity index (χ0n) is 12.3. The highest BCUT2D eigenvalue weighted by Gasteiger charge is 2.38. The SMILES string of the molecule is CC1(C)CCCC1C(=O)NCCOc1cccc(N)c1. The van der Waals surface area contributed by atoms with Gasteiger partial charge >= 0.3 is 0 Å². The lowest BCUT2D eigenvalue weighted by atomic mass is 9.81. The Morgan fingerprint density at radius 1 is 1.50 bits per heavy atom. The van der Waals surface area contributed by atoms with Crippen LogP contribution < -0.4 is 15.8 Å². The maximum atomic E-state index is 12.1. The highest BCUT2D eigenvalue weighted by molar-refractivity contribution is 5.79. The minimum absolute atomic E-state index is 0.124. The van der Waals surface area contributed by atoms with E-state index < -0.39 is 0 Å². The van der Waals surface area contributed by atoms with E-state index in [0.29, 0.717) is 18.8 Å². The number of benzene rings is 1. The molecule has 0 saturated heterocycles. The molecule has 0 spiro atoms. The fraction of sp³-hybridized carbons (Fsp3) is 0.562. The lowest BCUT2D eigenvalue weighted by Gasteiger charge is -2.25. The Labute approximate surface area is 120 Å². The Kier molecular flexibility index (Phi) is 4.53. The van der Waals surface area contributed by atoms with Crippen LogP contribution in [-0.2, 0) is 4.79 Å². The average molecular weight is 276 g/mol. The Hall–Kier alpha value is -1.71. The van der Waals surface area contributed by atoms with Gasteiger partial charge in [-0.2, -0.15) is 0 Å². The fourth-order valence-corrected chi connectivity index (χ4v) is 2.88. The molecular weight excluding hydrogens is 252 g/mol. The third-order valence-corrected chi connectivity index (χ3v) is 4.10. The maximum absolute atomic E-state index is 12.1. The van der Waals surface area contributed by atoms with Crippen LogP contribution in [0, 0.1) is 11.3 Å². The summed E-state index contributed by atoms with van der Waals surface area (Å²) in [5, 5.41) is 2.97. The molecule has 0 aliphatic heterocycles. The second kappa shape index (κ2) is 6.16. The monoisotopic (exact) mass is 276 g/mol. The zero-order chi connectivity index (χ0) is 14.6. The molecule has 1 atom stereocenters. The minimum Gasteiger partial charge on any atom is -0.492 e. The van der Waals surface area contributed by atoms with Gasteiger partial charge in [0.2, 0.25) is 5.91 Å². The number of hydrogen-bond acceptors (Lipinski definition) is 3. The van der Waals surface area contributed by atoms with Gasteiger partial charge in [0, 0.05) is 17.7 Å². The number of rotatable bonds is 5. The van der Waals surface area contributed by atoms with Crippen LogP contribution in [0.15, 0.2) is 24.3 Å². The van der Waals surface area contributed by atoms with Crippen molar-refractivity contribution in [1.82, 2.24) is 5.32 Å². The summed E-state index contributed by atoms with van der Waals surface area (Å²) >= 11 is 0. The van der Waals surface area contributed by atoms with E-state index in [-0.39, 0.29) is 17.2 Å². The van der Waals surface area contributed by atoms with Gasteiger partial charge in [-0.25, -0.2) is 0 Å². The molecule has 110 valence electrons. The van der Waals surface area contributed by atoms with Crippen molar-refractivity contribution < 1.29 is 9.53 Å². The van der Waals surface area contributed by atoms with Crippen molar-refractivity contribution >= 4 is 11.6 Å². The number of hydrogen-bond donors (Lipinski definition) is 2. The number of nitrogens with one attached hydrogen (secondary N) is 1. The molecule has 0 bridgehead atoms. The first-order chi connectivity index (χ1) is 9.49. The average Bonchev–Trinajstić information content (AvgIpc) is 2.74. The van der Waals surface area contributed by atoms with Crippen LogP contribution in [-0.4, -0.2) is 19.1 Å². The summed E-state index contributed by atoms with van der Waals surface area (Å²) < 4.78 is 5.56. The molecule has 1 unspecified atom stereocenters. The van der Waals surface area contributed by atoms with Gasteiger partial charge in [-0.05, 0) is 30.4 Å². The molecule has 1 aromatic rings. The second-order valence-electron chi connectivity index (χ2n) is 6.15. The molecule has 0 aromatic heterocycles. The van der Waals surface area contributed by atoms with Crippen LogP contribution in [0.4, 0.5) is 5.69 Å². The first kappa shape index (κ1) is 14.7. The Bertz CT molecular complexity index is 471. The molecule has 3 N–H and O–H groups in total. The van der Waals surface area contributed by atoms with Gasteiger partial charge in [-0.1, -0.05) is 26.3 Å². The van der Waals surface area contributed by atoms with E-state index in [1.165, 1.54) is 0 Å². The van der Waals surface area contributed by atoms with Gasteiger partial charge in [0.1, 0.15) is 12.4 Å². The molecule has 1 aromatic carbocycles. The van der Waals surface area contributed by atoms with Gasteiger partial charge in [-0.3, -0.25) is 4.79 Å². The predicted octanol–water partition coefficient (Wildman–Crippen LogP) is 2.59. The van der Waals surface area contributed by atoms with Gasteiger partial charge in [0.15, 0.2) is 0 Å². The van der Waals surface area contributed by atoms with Crippen LogP contribution >= 0.6 is 0 Å². The summed E-state index contributed by atoms with van der Waals surface area (Å²) in [7, 11) is 0. The van der Waals surface area contributed by atoms with Crippen molar-refractivity contribution in [3.63, 3.8) is 0 Å². The third kappa shape index (κ3) is 3.65. The van der Waals surface area contributed by atoms with Gasteiger partial charge in [-0.15, -0.1) is 0 Å². The maximum Gasteiger partial charge on any atom is 0.223 e. The van der Waals surface area contributed by atoms with Gasteiger partial charge < -0.3 is 15.8 Å². The van der Waals surface area contributed by atoms with Crippen molar-refractivity contribution in [2.45, 2.75) is 33.1 Å². The number of nitrogen functional groups attached to an aromatic ring is 1. The highest BCUT2D eigenvalue weighted by Crippen LogP contribution is 2.42. The molecule has 1 aliphatic carbocycles. The summed E-state index contributed by atoms with van der Waals surface area (Å²) in [5.74, 6) is 1.03. The predicted molar refractivity (Wildman–Crippen MR) is 80.5 cm³/mol. The third-order valence-electron chi connectivity index (χ3n) is 4.10. The molecule has 0 radical (unpaired) electrons. The van der Waals surface area contributed by atoms with E-state index in [1.54, 1.807) is 6.07 Å².